The summed E-state index contributed by atoms with van der Waals surface area (Å²) in [5.74, 6) is 0.455. The van der Waals surface area contributed by atoms with Crippen molar-refractivity contribution in [2.45, 2.75) is 30.6 Å². The maximum Gasteiger partial charge on any atom is 0.336 e. The van der Waals surface area contributed by atoms with Crippen molar-refractivity contribution in [2.75, 3.05) is 7.11 Å². The molecule has 5 nitrogen and oxygen atoms in total. The van der Waals surface area contributed by atoms with Gasteiger partial charge in [-0.1, -0.05) is 12.1 Å². The summed E-state index contributed by atoms with van der Waals surface area (Å²) in [7, 11) is 1.61. The molecule has 1 aromatic carbocycles. The predicted octanol–water partition coefficient (Wildman–Crippen LogP) is 2.32. The molecule has 22 heavy (non-hydrogen) atoms. The Morgan fingerprint density at radius 2 is 2.09 bits per heavy atom. The molecule has 2 atom stereocenters. The third kappa shape index (κ3) is 2.83. The van der Waals surface area contributed by atoms with Gasteiger partial charge in [-0.2, -0.15) is 0 Å². The zero-order valence-corrected chi connectivity index (χ0v) is 13.3. The van der Waals surface area contributed by atoms with Crippen LogP contribution in [0.1, 0.15) is 18.9 Å². The first kappa shape index (κ1) is 15.0. The van der Waals surface area contributed by atoms with Gasteiger partial charge in [0.15, 0.2) is 0 Å². The zero-order chi connectivity index (χ0) is 15.7. The first-order valence-corrected chi connectivity index (χ1v) is 8.01. The van der Waals surface area contributed by atoms with Crippen LogP contribution in [0.5, 0.6) is 5.75 Å². The fraction of sp³-hybridized carbons (Fsp3) is 0.375. The molecule has 1 unspecified atom stereocenters. The Morgan fingerprint density at radius 3 is 2.73 bits per heavy atom. The summed E-state index contributed by atoms with van der Waals surface area (Å²) >= 11 is 1.62. The van der Waals surface area contributed by atoms with Crippen LogP contribution in [0.3, 0.4) is 0 Å². The average molecular weight is 319 g/mol. The molecule has 1 aromatic rings. The number of ether oxygens (including phenoxy) is 2. The lowest BCUT2D eigenvalue weighted by atomic mass is 10.1. The van der Waals surface area contributed by atoms with Crippen molar-refractivity contribution in [3.05, 3.63) is 41.6 Å². The van der Waals surface area contributed by atoms with Gasteiger partial charge in [0.05, 0.1) is 24.5 Å². The van der Waals surface area contributed by atoms with E-state index >= 15 is 0 Å². The average Bonchev–Trinajstić information content (AvgIpc) is 2.52. The highest BCUT2D eigenvalue weighted by molar-refractivity contribution is 8.00. The normalized spacial score (nSPS) is 23.3. The Labute approximate surface area is 133 Å². The van der Waals surface area contributed by atoms with Crippen LogP contribution in [0.2, 0.25) is 0 Å². The van der Waals surface area contributed by atoms with E-state index in [1.807, 2.05) is 31.2 Å². The number of hydrogen-bond acceptors (Lipinski definition) is 5. The second kappa shape index (κ2) is 6.04. The topological polar surface area (TPSA) is 55.8 Å². The van der Waals surface area contributed by atoms with Gasteiger partial charge in [0.2, 0.25) is 5.91 Å². The van der Waals surface area contributed by atoms with Crippen LogP contribution in [-0.4, -0.2) is 34.5 Å². The van der Waals surface area contributed by atoms with Crippen molar-refractivity contribution in [2.24, 2.45) is 0 Å². The molecule has 2 aliphatic heterocycles. The second-order valence-corrected chi connectivity index (χ2v) is 6.77. The molecule has 3 rings (SSSR count). The van der Waals surface area contributed by atoms with E-state index in [9.17, 15) is 9.59 Å². The minimum absolute atomic E-state index is 0.0396. The van der Waals surface area contributed by atoms with Gasteiger partial charge in [0, 0.05) is 11.4 Å². The molecule has 0 aromatic heterocycles. The number of fused-ring (bicyclic) bond motifs is 1. The molecule has 1 fully saturated rings. The van der Waals surface area contributed by atoms with E-state index in [0.717, 1.165) is 11.3 Å². The number of amides is 1. The molecular weight excluding hydrogens is 302 g/mol. The number of thioether (sulfide) groups is 1. The van der Waals surface area contributed by atoms with Crippen LogP contribution < -0.4 is 4.74 Å². The molecule has 1 saturated heterocycles. The molecule has 2 aliphatic rings. The fourth-order valence-electron chi connectivity index (χ4n) is 2.41. The molecule has 2 heterocycles. The molecule has 0 radical (unpaired) electrons. The Balaban J connectivity index is 1.62. The van der Waals surface area contributed by atoms with Crippen molar-refractivity contribution in [1.29, 1.82) is 0 Å². The van der Waals surface area contributed by atoms with Crippen LogP contribution in [0.4, 0.5) is 0 Å². The number of nitrogens with zero attached hydrogens (tertiary/aromatic N) is 1. The summed E-state index contributed by atoms with van der Waals surface area (Å²) in [6.45, 7) is 2.17. The highest BCUT2D eigenvalue weighted by Gasteiger charge is 2.42. The van der Waals surface area contributed by atoms with Gasteiger partial charge in [-0.15, -0.1) is 11.8 Å². The zero-order valence-electron chi connectivity index (χ0n) is 12.4. The van der Waals surface area contributed by atoms with Gasteiger partial charge < -0.3 is 14.4 Å². The molecule has 0 spiro atoms. The molecule has 1 amide bonds. The van der Waals surface area contributed by atoms with Crippen LogP contribution in [-0.2, 0) is 20.9 Å². The van der Waals surface area contributed by atoms with E-state index in [1.165, 1.54) is 0 Å². The van der Waals surface area contributed by atoms with Crippen molar-refractivity contribution in [3.8, 4) is 5.75 Å². The lowest BCUT2D eigenvalue weighted by Gasteiger charge is -2.42. The van der Waals surface area contributed by atoms with Gasteiger partial charge in [0.25, 0.3) is 0 Å². The van der Waals surface area contributed by atoms with Gasteiger partial charge in [0.1, 0.15) is 12.4 Å². The molecule has 0 bridgehead atoms. The quantitative estimate of drug-likeness (QED) is 0.630. The van der Waals surface area contributed by atoms with Gasteiger partial charge in [-0.3, -0.25) is 4.79 Å². The number of carbonyl (C=O) groups excluding carboxylic acids is 2. The number of methoxy groups -OCH3 is 1. The van der Waals surface area contributed by atoms with Crippen molar-refractivity contribution in [3.63, 3.8) is 0 Å². The van der Waals surface area contributed by atoms with Gasteiger partial charge in [-0.05, 0) is 24.6 Å². The number of carbonyl (C=O) groups is 2. The Bertz CT molecular complexity index is 626. The second-order valence-electron chi connectivity index (χ2n) is 5.25. The summed E-state index contributed by atoms with van der Waals surface area (Å²) in [5.41, 5.74) is 1.44. The molecule has 6 heteroatoms. The molecular formula is C16H17NO4S. The summed E-state index contributed by atoms with van der Waals surface area (Å²) < 4.78 is 10.4. The van der Waals surface area contributed by atoms with Crippen molar-refractivity contribution < 1.29 is 19.1 Å². The maximum atomic E-state index is 12.2. The van der Waals surface area contributed by atoms with Gasteiger partial charge in [-0.25, -0.2) is 4.79 Å². The smallest absolute Gasteiger partial charge is 0.336 e. The fourth-order valence-corrected chi connectivity index (χ4v) is 3.73. The Kier molecular flexibility index (Phi) is 4.11. The molecule has 0 saturated carbocycles. The highest BCUT2D eigenvalue weighted by Crippen LogP contribution is 2.40. The minimum Gasteiger partial charge on any atom is -0.497 e. The molecule has 116 valence electrons. The van der Waals surface area contributed by atoms with E-state index in [-0.39, 0.29) is 29.1 Å². The van der Waals surface area contributed by atoms with Crippen LogP contribution in [0.15, 0.2) is 36.0 Å². The van der Waals surface area contributed by atoms with Crippen molar-refractivity contribution >= 4 is 23.6 Å². The Morgan fingerprint density at radius 1 is 1.36 bits per heavy atom. The number of esters is 1. The first-order chi connectivity index (χ1) is 10.6. The largest absolute Gasteiger partial charge is 0.497 e. The van der Waals surface area contributed by atoms with Gasteiger partial charge >= 0.3 is 5.97 Å². The predicted molar refractivity (Wildman–Crippen MR) is 83.2 cm³/mol. The van der Waals surface area contributed by atoms with E-state index in [2.05, 4.69) is 0 Å². The SMILES string of the molecule is COc1ccc(COC(=O)C2=CN3C(=O)C[C@H]3SC2C)cc1. The van der Waals surface area contributed by atoms with E-state index in [4.69, 9.17) is 9.47 Å². The van der Waals surface area contributed by atoms with Crippen molar-refractivity contribution in [1.82, 2.24) is 4.90 Å². The standard InChI is InChI=1S/C16H17NO4S/c1-10-13(8-17-14(18)7-15(17)22-10)16(19)21-9-11-3-5-12(20-2)6-4-11/h3-6,8,10,15H,7,9H2,1-2H3/t10?,15-/m1/s1. The van der Waals surface area contributed by atoms with E-state index in [0.29, 0.717) is 12.0 Å². The monoisotopic (exact) mass is 319 g/mol. The number of benzene rings is 1. The van der Waals surface area contributed by atoms with Crippen LogP contribution in [0.25, 0.3) is 0 Å². The van der Waals surface area contributed by atoms with E-state index in [1.54, 1.807) is 30.0 Å². The number of rotatable bonds is 4. The third-order valence-corrected chi connectivity index (χ3v) is 5.16. The number of hydrogen-bond donors (Lipinski definition) is 0. The highest BCUT2D eigenvalue weighted by atomic mass is 32.2. The maximum absolute atomic E-state index is 12.2. The van der Waals surface area contributed by atoms with Crippen LogP contribution >= 0.6 is 11.8 Å². The first-order valence-electron chi connectivity index (χ1n) is 7.07. The summed E-state index contributed by atoms with van der Waals surface area (Å²) in [4.78, 5) is 25.3. The summed E-state index contributed by atoms with van der Waals surface area (Å²) in [6, 6.07) is 7.36. The van der Waals surface area contributed by atoms with Crippen LogP contribution in [0, 0.1) is 0 Å². The third-order valence-electron chi connectivity index (χ3n) is 3.79. The Hall–Kier alpha value is -1.95. The summed E-state index contributed by atoms with van der Waals surface area (Å²) in [6.07, 6.45) is 2.20. The number of β-lactam (4-membered cyclic amide) rings is 1. The minimum atomic E-state index is -0.367. The lowest BCUT2D eigenvalue weighted by Crippen LogP contribution is -2.50. The van der Waals surface area contributed by atoms with E-state index < -0.39 is 0 Å². The lowest BCUT2D eigenvalue weighted by molar-refractivity contribution is -0.141. The molecule has 0 N–H and O–H groups in total. The summed E-state index contributed by atoms with van der Waals surface area (Å²) in [5, 5.41) is 0.221. The molecule has 0 aliphatic carbocycles.